The van der Waals surface area contributed by atoms with Crippen molar-refractivity contribution in [1.82, 2.24) is 4.90 Å². The molecule has 2 atom stereocenters. The summed E-state index contributed by atoms with van der Waals surface area (Å²) in [6.07, 6.45) is 1.01. The molecule has 5 nitrogen and oxygen atoms in total. The van der Waals surface area contributed by atoms with Crippen molar-refractivity contribution in [2.45, 2.75) is 52.2 Å². The Morgan fingerprint density at radius 2 is 1.94 bits per heavy atom. The van der Waals surface area contributed by atoms with E-state index in [2.05, 4.69) is 0 Å². The topological polar surface area (TPSA) is 66.8 Å². The highest BCUT2D eigenvalue weighted by Gasteiger charge is 2.36. The molecular weight excluding hydrogens is 234 g/mol. The molecular formula is C13H23NO4. The molecule has 1 N–H and O–H groups in total. The molecule has 0 aromatic heterocycles. The zero-order valence-corrected chi connectivity index (χ0v) is 11.6. The van der Waals surface area contributed by atoms with Gasteiger partial charge in [-0.3, -0.25) is 9.69 Å². The van der Waals surface area contributed by atoms with Crippen molar-refractivity contribution in [3.8, 4) is 0 Å². The highest BCUT2D eigenvalue weighted by molar-refractivity contribution is 5.88. The third-order valence-electron chi connectivity index (χ3n) is 2.97. The third kappa shape index (κ3) is 3.98. The summed E-state index contributed by atoms with van der Waals surface area (Å²) < 4.78 is 5.30. The first-order valence-electron chi connectivity index (χ1n) is 6.38. The standard InChI is InChI=1S/C13H23NO4/c1-9-5-6-10(11(16)8-15)14(7-9)12(17)18-13(2,3)4/h9-10,15H,5-8H2,1-4H3. The maximum absolute atomic E-state index is 12.1. The van der Waals surface area contributed by atoms with Crippen LogP contribution in [0.15, 0.2) is 0 Å². The number of hydrogen-bond acceptors (Lipinski definition) is 4. The Labute approximate surface area is 108 Å². The summed E-state index contributed by atoms with van der Waals surface area (Å²) in [6, 6.07) is -0.541. The lowest BCUT2D eigenvalue weighted by Gasteiger charge is -2.38. The van der Waals surface area contributed by atoms with Gasteiger partial charge in [-0.1, -0.05) is 6.92 Å². The zero-order chi connectivity index (χ0) is 13.9. The van der Waals surface area contributed by atoms with E-state index in [-0.39, 0.29) is 5.78 Å². The molecule has 0 aromatic carbocycles. The van der Waals surface area contributed by atoms with Gasteiger partial charge in [0.15, 0.2) is 5.78 Å². The maximum atomic E-state index is 12.1. The second-order valence-corrected chi connectivity index (χ2v) is 5.96. The summed E-state index contributed by atoms with van der Waals surface area (Å²) in [5.41, 5.74) is -0.579. The van der Waals surface area contributed by atoms with E-state index >= 15 is 0 Å². The van der Waals surface area contributed by atoms with Gasteiger partial charge in [0.2, 0.25) is 0 Å². The molecule has 1 aliphatic heterocycles. The average molecular weight is 257 g/mol. The van der Waals surface area contributed by atoms with E-state index in [1.54, 1.807) is 20.8 Å². The Hall–Kier alpha value is -1.10. The van der Waals surface area contributed by atoms with Crippen LogP contribution >= 0.6 is 0 Å². The maximum Gasteiger partial charge on any atom is 0.410 e. The van der Waals surface area contributed by atoms with Crippen molar-refractivity contribution >= 4 is 11.9 Å². The Morgan fingerprint density at radius 3 is 2.44 bits per heavy atom. The van der Waals surface area contributed by atoms with Crippen molar-refractivity contribution in [3.05, 3.63) is 0 Å². The van der Waals surface area contributed by atoms with Crippen molar-refractivity contribution in [1.29, 1.82) is 0 Å². The zero-order valence-electron chi connectivity index (χ0n) is 11.6. The summed E-state index contributed by atoms with van der Waals surface area (Å²) in [6.45, 7) is 7.39. The molecule has 2 unspecified atom stereocenters. The van der Waals surface area contributed by atoms with Crippen LogP contribution in [0.5, 0.6) is 0 Å². The molecule has 1 rings (SSSR count). The van der Waals surface area contributed by atoms with Crippen LogP contribution in [0, 0.1) is 5.92 Å². The van der Waals surface area contributed by atoms with Gasteiger partial charge < -0.3 is 9.84 Å². The molecule has 0 saturated carbocycles. The van der Waals surface area contributed by atoms with E-state index in [1.165, 1.54) is 4.90 Å². The number of rotatable bonds is 2. The van der Waals surface area contributed by atoms with Crippen LogP contribution in [0.25, 0.3) is 0 Å². The number of piperidine rings is 1. The van der Waals surface area contributed by atoms with Gasteiger partial charge in [0, 0.05) is 6.54 Å². The highest BCUT2D eigenvalue weighted by atomic mass is 16.6. The number of likely N-dealkylation sites (tertiary alicyclic amines) is 1. The summed E-state index contributed by atoms with van der Waals surface area (Å²) in [4.78, 5) is 25.2. The predicted molar refractivity (Wildman–Crippen MR) is 67.2 cm³/mol. The molecule has 0 bridgehead atoms. The number of carbonyl (C=O) groups is 2. The van der Waals surface area contributed by atoms with E-state index in [0.717, 1.165) is 6.42 Å². The predicted octanol–water partition coefficient (Wildman–Crippen LogP) is 1.58. The minimum Gasteiger partial charge on any atom is -0.444 e. The highest BCUT2D eigenvalue weighted by Crippen LogP contribution is 2.24. The number of aliphatic hydroxyl groups excluding tert-OH is 1. The van der Waals surface area contributed by atoms with E-state index in [0.29, 0.717) is 18.9 Å². The number of ether oxygens (including phenoxy) is 1. The van der Waals surface area contributed by atoms with Gasteiger partial charge >= 0.3 is 6.09 Å². The van der Waals surface area contributed by atoms with Gasteiger partial charge in [0.05, 0.1) is 6.04 Å². The largest absolute Gasteiger partial charge is 0.444 e. The Kier molecular flexibility index (Phi) is 4.73. The first-order valence-corrected chi connectivity index (χ1v) is 6.38. The van der Waals surface area contributed by atoms with Crippen LogP contribution in [0.4, 0.5) is 4.79 Å². The van der Waals surface area contributed by atoms with Crippen LogP contribution in [-0.2, 0) is 9.53 Å². The fourth-order valence-corrected chi connectivity index (χ4v) is 2.12. The quantitative estimate of drug-likeness (QED) is 0.815. The number of amides is 1. The molecule has 1 heterocycles. The summed E-state index contributed by atoms with van der Waals surface area (Å²) in [7, 11) is 0. The van der Waals surface area contributed by atoms with Gasteiger partial charge in [-0.15, -0.1) is 0 Å². The Bertz CT molecular complexity index is 321. The van der Waals surface area contributed by atoms with Gasteiger partial charge in [0.1, 0.15) is 12.2 Å². The number of carbonyl (C=O) groups excluding carboxylic acids is 2. The van der Waals surface area contributed by atoms with E-state index in [4.69, 9.17) is 9.84 Å². The van der Waals surface area contributed by atoms with Crippen LogP contribution in [0.3, 0.4) is 0 Å². The Balaban J connectivity index is 2.78. The first kappa shape index (κ1) is 15.0. The second-order valence-electron chi connectivity index (χ2n) is 5.96. The molecule has 1 aliphatic rings. The normalized spacial score (nSPS) is 24.8. The third-order valence-corrected chi connectivity index (χ3v) is 2.97. The second kappa shape index (κ2) is 5.69. The fourth-order valence-electron chi connectivity index (χ4n) is 2.12. The van der Waals surface area contributed by atoms with Gasteiger partial charge in [-0.05, 0) is 39.5 Å². The van der Waals surface area contributed by atoms with E-state index in [1.807, 2.05) is 6.92 Å². The Morgan fingerprint density at radius 1 is 1.33 bits per heavy atom. The van der Waals surface area contributed by atoms with Gasteiger partial charge in [-0.2, -0.15) is 0 Å². The molecule has 104 valence electrons. The lowest BCUT2D eigenvalue weighted by atomic mass is 9.92. The monoisotopic (exact) mass is 257 g/mol. The van der Waals surface area contributed by atoms with Crippen molar-refractivity contribution < 1.29 is 19.4 Å². The molecule has 5 heteroatoms. The van der Waals surface area contributed by atoms with E-state index < -0.39 is 24.3 Å². The number of hydrogen-bond donors (Lipinski definition) is 1. The smallest absolute Gasteiger partial charge is 0.410 e. The number of ketones is 1. The van der Waals surface area contributed by atoms with Crippen molar-refractivity contribution in [3.63, 3.8) is 0 Å². The summed E-state index contributed by atoms with van der Waals surface area (Å²) >= 11 is 0. The summed E-state index contributed by atoms with van der Waals surface area (Å²) in [5.74, 6) is 0.0352. The number of Topliss-reactive ketones (excluding diaryl/α,β-unsaturated/α-hetero) is 1. The molecule has 1 fully saturated rings. The van der Waals surface area contributed by atoms with Crippen LogP contribution in [-0.4, -0.2) is 46.7 Å². The van der Waals surface area contributed by atoms with E-state index in [9.17, 15) is 9.59 Å². The molecule has 1 saturated heterocycles. The molecule has 1 amide bonds. The van der Waals surface area contributed by atoms with Crippen molar-refractivity contribution in [2.75, 3.05) is 13.2 Å². The van der Waals surface area contributed by atoms with Crippen LogP contribution < -0.4 is 0 Å². The lowest BCUT2D eigenvalue weighted by Crippen LogP contribution is -2.52. The minimum atomic E-state index is -0.579. The SMILES string of the molecule is CC1CCC(C(=O)CO)N(C(=O)OC(C)(C)C)C1. The first-order chi connectivity index (χ1) is 8.24. The van der Waals surface area contributed by atoms with Crippen LogP contribution in [0.1, 0.15) is 40.5 Å². The average Bonchev–Trinajstić information content (AvgIpc) is 2.25. The number of aliphatic hydroxyl groups is 1. The number of nitrogens with zero attached hydrogens (tertiary/aromatic N) is 1. The van der Waals surface area contributed by atoms with Gasteiger partial charge in [0.25, 0.3) is 0 Å². The van der Waals surface area contributed by atoms with Crippen LogP contribution in [0.2, 0.25) is 0 Å². The molecule has 0 spiro atoms. The molecule has 0 aromatic rings. The lowest BCUT2D eigenvalue weighted by molar-refractivity contribution is -0.128. The molecule has 0 aliphatic carbocycles. The molecule has 18 heavy (non-hydrogen) atoms. The minimum absolute atomic E-state index is 0.312. The summed E-state index contributed by atoms with van der Waals surface area (Å²) in [5, 5.41) is 8.96. The fraction of sp³-hybridized carbons (Fsp3) is 0.846. The van der Waals surface area contributed by atoms with Crippen molar-refractivity contribution in [2.24, 2.45) is 5.92 Å². The molecule has 0 radical (unpaired) electrons. The van der Waals surface area contributed by atoms with Gasteiger partial charge in [-0.25, -0.2) is 4.79 Å².